The van der Waals surface area contributed by atoms with Crippen LogP contribution in [0, 0.1) is 0 Å². The molecule has 3 N–H and O–H groups in total. The van der Waals surface area contributed by atoms with Gasteiger partial charge < -0.3 is 25.4 Å². The summed E-state index contributed by atoms with van der Waals surface area (Å²) in [5.41, 5.74) is 0. The quantitative estimate of drug-likeness (QED) is 0.557. The molecule has 0 saturated carbocycles. The van der Waals surface area contributed by atoms with E-state index < -0.39 is 12.1 Å². The van der Waals surface area contributed by atoms with E-state index in [9.17, 15) is 9.59 Å². The molecule has 1 aliphatic rings. The first-order chi connectivity index (χ1) is 9.49. The summed E-state index contributed by atoms with van der Waals surface area (Å²) in [4.78, 5) is 24.3. The lowest BCUT2D eigenvalue weighted by molar-refractivity contribution is -0.149. The maximum atomic E-state index is 11.5. The monoisotopic (exact) mass is 287 g/mol. The average molecular weight is 287 g/mol. The van der Waals surface area contributed by atoms with Crippen LogP contribution in [0.25, 0.3) is 0 Å². The van der Waals surface area contributed by atoms with Crippen LogP contribution in [0.2, 0.25) is 0 Å². The summed E-state index contributed by atoms with van der Waals surface area (Å²) in [6.45, 7) is 2.01. The molecule has 1 saturated heterocycles. The maximum absolute atomic E-state index is 11.5. The Bertz CT molecular complexity index is 323. The number of carboxylic acids is 1. The van der Waals surface area contributed by atoms with Crippen LogP contribution in [0.4, 0.5) is 4.79 Å². The fourth-order valence-corrected chi connectivity index (χ4v) is 2.06. The Kier molecular flexibility index (Phi) is 7.32. The van der Waals surface area contributed by atoms with Gasteiger partial charge in [0.2, 0.25) is 0 Å². The second kappa shape index (κ2) is 8.76. The third kappa shape index (κ3) is 6.72. The van der Waals surface area contributed by atoms with Crippen molar-refractivity contribution in [2.45, 2.75) is 37.9 Å². The van der Waals surface area contributed by atoms with E-state index in [0.717, 1.165) is 19.4 Å². The van der Waals surface area contributed by atoms with Crippen molar-refractivity contribution in [3.63, 3.8) is 0 Å². The van der Waals surface area contributed by atoms with Gasteiger partial charge in [-0.15, -0.1) is 0 Å². The maximum Gasteiger partial charge on any atom is 0.332 e. The molecule has 0 aromatic heterocycles. The molecule has 7 heteroatoms. The van der Waals surface area contributed by atoms with Crippen LogP contribution in [-0.4, -0.2) is 67.9 Å². The van der Waals surface area contributed by atoms with E-state index in [4.69, 9.17) is 9.84 Å². The number of aliphatic carboxylic acids is 1. The van der Waals surface area contributed by atoms with Crippen LogP contribution >= 0.6 is 0 Å². The van der Waals surface area contributed by atoms with Gasteiger partial charge in [0.15, 0.2) is 6.10 Å². The van der Waals surface area contributed by atoms with Gasteiger partial charge in [-0.25, -0.2) is 9.59 Å². The minimum absolute atomic E-state index is 0.199. The number of nitrogens with zero attached hydrogens (tertiary/aromatic N) is 1. The summed E-state index contributed by atoms with van der Waals surface area (Å²) in [7, 11) is 4.04. The predicted octanol–water partition coefficient (Wildman–Crippen LogP) is 0.260. The molecule has 0 aromatic rings. The van der Waals surface area contributed by atoms with Gasteiger partial charge in [-0.3, -0.25) is 0 Å². The Balaban J connectivity index is 2.02. The van der Waals surface area contributed by atoms with E-state index in [1.54, 1.807) is 0 Å². The standard InChI is InChI=1S/C13H25N3O4/c1-16(2)8-4-3-7-14-13(19)15-9-10-5-6-11(20-10)12(17)18/h10-11H,3-9H2,1-2H3,(H,17,18)(H2,14,15,19). The van der Waals surface area contributed by atoms with Gasteiger partial charge in [0.05, 0.1) is 6.10 Å². The number of urea groups is 1. The van der Waals surface area contributed by atoms with Gasteiger partial charge >= 0.3 is 12.0 Å². The number of rotatable bonds is 8. The predicted molar refractivity (Wildman–Crippen MR) is 74.7 cm³/mol. The Morgan fingerprint density at radius 3 is 2.60 bits per heavy atom. The lowest BCUT2D eigenvalue weighted by Crippen LogP contribution is -2.40. The zero-order valence-electron chi connectivity index (χ0n) is 12.2. The summed E-state index contributed by atoms with van der Waals surface area (Å²) in [6, 6.07) is -0.225. The molecule has 20 heavy (non-hydrogen) atoms. The van der Waals surface area contributed by atoms with Crippen molar-refractivity contribution in [1.82, 2.24) is 15.5 Å². The lowest BCUT2D eigenvalue weighted by Gasteiger charge is -2.13. The zero-order chi connectivity index (χ0) is 15.0. The number of carboxylic acid groups (broad SMARTS) is 1. The molecule has 2 atom stereocenters. The minimum Gasteiger partial charge on any atom is -0.479 e. The number of hydrogen-bond acceptors (Lipinski definition) is 4. The van der Waals surface area contributed by atoms with Crippen LogP contribution in [0.15, 0.2) is 0 Å². The Morgan fingerprint density at radius 2 is 2.00 bits per heavy atom. The molecule has 0 aliphatic carbocycles. The fourth-order valence-electron chi connectivity index (χ4n) is 2.06. The number of unbranched alkanes of at least 4 members (excludes halogenated alkanes) is 1. The molecule has 2 amide bonds. The van der Waals surface area contributed by atoms with E-state index >= 15 is 0 Å². The topological polar surface area (TPSA) is 90.9 Å². The summed E-state index contributed by atoms with van der Waals surface area (Å²) >= 11 is 0. The smallest absolute Gasteiger partial charge is 0.332 e. The second-order valence-electron chi connectivity index (χ2n) is 5.31. The molecule has 1 rings (SSSR count). The SMILES string of the molecule is CN(C)CCCCNC(=O)NCC1CCC(C(=O)O)O1. The molecule has 7 nitrogen and oxygen atoms in total. The van der Waals surface area contributed by atoms with Gasteiger partial charge in [0.25, 0.3) is 0 Å². The molecular weight excluding hydrogens is 262 g/mol. The number of amides is 2. The van der Waals surface area contributed by atoms with Crippen LogP contribution in [-0.2, 0) is 9.53 Å². The second-order valence-corrected chi connectivity index (χ2v) is 5.31. The fraction of sp³-hybridized carbons (Fsp3) is 0.846. The molecule has 1 fully saturated rings. The lowest BCUT2D eigenvalue weighted by atomic mass is 10.2. The highest BCUT2D eigenvalue weighted by atomic mass is 16.5. The molecule has 0 bridgehead atoms. The van der Waals surface area contributed by atoms with E-state index in [2.05, 4.69) is 15.5 Å². The van der Waals surface area contributed by atoms with Gasteiger partial charge in [-0.2, -0.15) is 0 Å². The average Bonchev–Trinajstić information content (AvgIpc) is 2.84. The van der Waals surface area contributed by atoms with Crippen LogP contribution in [0.3, 0.4) is 0 Å². The zero-order valence-corrected chi connectivity index (χ0v) is 12.2. The van der Waals surface area contributed by atoms with Crippen molar-refractivity contribution in [3.05, 3.63) is 0 Å². The number of ether oxygens (including phenoxy) is 1. The first-order valence-corrected chi connectivity index (χ1v) is 7.03. The highest BCUT2D eigenvalue weighted by Crippen LogP contribution is 2.18. The first-order valence-electron chi connectivity index (χ1n) is 7.03. The van der Waals surface area contributed by atoms with Crippen molar-refractivity contribution in [2.24, 2.45) is 0 Å². The molecule has 1 heterocycles. The van der Waals surface area contributed by atoms with Crippen molar-refractivity contribution in [2.75, 3.05) is 33.7 Å². The van der Waals surface area contributed by atoms with Gasteiger partial charge in [-0.1, -0.05) is 0 Å². The van der Waals surface area contributed by atoms with Crippen molar-refractivity contribution in [3.8, 4) is 0 Å². The summed E-state index contributed by atoms with van der Waals surface area (Å²) in [5, 5.41) is 14.3. The molecule has 0 aromatic carbocycles. The number of carbonyl (C=O) groups is 2. The Hall–Kier alpha value is -1.34. The summed E-state index contributed by atoms with van der Waals surface area (Å²) in [5.74, 6) is -0.933. The molecular formula is C13H25N3O4. The van der Waals surface area contributed by atoms with E-state index in [0.29, 0.717) is 25.9 Å². The van der Waals surface area contributed by atoms with Gasteiger partial charge in [0, 0.05) is 13.1 Å². The largest absolute Gasteiger partial charge is 0.479 e. The third-order valence-corrected chi connectivity index (χ3v) is 3.19. The van der Waals surface area contributed by atoms with E-state index in [1.165, 1.54) is 0 Å². The Labute approximate surface area is 119 Å². The summed E-state index contributed by atoms with van der Waals surface area (Å²) in [6.07, 6.45) is 2.23. The molecule has 1 aliphatic heterocycles. The molecule has 0 spiro atoms. The number of hydrogen-bond donors (Lipinski definition) is 3. The van der Waals surface area contributed by atoms with Gasteiger partial charge in [0.1, 0.15) is 0 Å². The van der Waals surface area contributed by atoms with E-state index in [1.807, 2.05) is 14.1 Å². The van der Waals surface area contributed by atoms with Crippen LogP contribution < -0.4 is 10.6 Å². The van der Waals surface area contributed by atoms with E-state index in [-0.39, 0.29) is 12.1 Å². The van der Waals surface area contributed by atoms with Crippen molar-refractivity contribution in [1.29, 1.82) is 0 Å². The minimum atomic E-state index is -0.933. The number of nitrogens with one attached hydrogen (secondary N) is 2. The molecule has 2 unspecified atom stereocenters. The molecule has 0 radical (unpaired) electrons. The number of carbonyl (C=O) groups excluding carboxylic acids is 1. The third-order valence-electron chi connectivity index (χ3n) is 3.19. The highest BCUT2D eigenvalue weighted by Gasteiger charge is 2.30. The summed E-state index contributed by atoms with van der Waals surface area (Å²) < 4.78 is 5.30. The van der Waals surface area contributed by atoms with Crippen molar-refractivity contribution >= 4 is 12.0 Å². The Morgan fingerprint density at radius 1 is 1.25 bits per heavy atom. The van der Waals surface area contributed by atoms with Crippen molar-refractivity contribution < 1.29 is 19.4 Å². The molecule has 116 valence electrons. The van der Waals surface area contributed by atoms with Crippen LogP contribution in [0.1, 0.15) is 25.7 Å². The first kappa shape index (κ1) is 16.7. The van der Waals surface area contributed by atoms with Crippen LogP contribution in [0.5, 0.6) is 0 Å². The highest BCUT2D eigenvalue weighted by molar-refractivity contribution is 5.74. The normalized spacial score (nSPS) is 21.9. The van der Waals surface area contributed by atoms with Gasteiger partial charge in [-0.05, 0) is 46.3 Å².